The highest BCUT2D eigenvalue weighted by Gasteiger charge is 2.31. The SMILES string of the molecule is Cc1ccc([C@@H]2CC(=O)C[C@@H](c3ccc(C)cc3C)S2)c(C)c1. The average molecular weight is 324 g/mol. The topological polar surface area (TPSA) is 17.1 Å². The number of thioether (sulfide) groups is 1. The van der Waals surface area contributed by atoms with Crippen LogP contribution in [0.4, 0.5) is 0 Å². The second kappa shape index (κ2) is 6.52. The van der Waals surface area contributed by atoms with E-state index in [1.807, 2.05) is 11.8 Å². The molecule has 23 heavy (non-hydrogen) atoms. The molecule has 2 aromatic carbocycles. The standard InChI is InChI=1S/C21H24OS/c1-13-5-7-18(15(3)9-13)20-11-17(22)12-21(23-20)19-8-6-14(2)10-16(19)4/h5-10,20-21H,11-12H2,1-4H3/t20-,21-/m0/s1. The second-order valence-corrected chi connectivity index (χ2v) is 8.19. The molecular formula is C21H24OS. The van der Waals surface area contributed by atoms with Crippen molar-refractivity contribution in [3.8, 4) is 0 Å². The summed E-state index contributed by atoms with van der Waals surface area (Å²) >= 11 is 1.96. The van der Waals surface area contributed by atoms with Gasteiger partial charge in [-0.05, 0) is 49.9 Å². The summed E-state index contributed by atoms with van der Waals surface area (Å²) in [5.74, 6) is 0.388. The first-order valence-electron chi connectivity index (χ1n) is 8.25. The Morgan fingerprint density at radius 3 is 1.61 bits per heavy atom. The van der Waals surface area contributed by atoms with Gasteiger partial charge in [-0.1, -0.05) is 47.5 Å². The molecule has 0 bridgehead atoms. The van der Waals surface area contributed by atoms with Crippen molar-refractivity contribution < 1.29 is 4.79 Å². The molecule has 1 aliphatic rings. The maximum Gasteiger partial charge on any atom is 0.135 e. The van der Waals surface area contributed by atoms with Gasteiger partial charge in [-0.15, -0.1) is 11.8 Å². The largest absolute Gasteiger partial charge is 0.300 e. The highest BCUT2D eigenvalue weighted by molar-refractivity contribution is 7.99. The molecule has 3 rings (SSSR count). The molecule has 2 atom stereocenters. The Morgan fingerprint density at radius 1 is 0.783 bits per heavy atom. The van der Waals surface area contributed by atoms with E-state index in [4.69, 9.17) is 0 Å². The van der Waals surface area contributed by atoms with Crippen LogP contribution in [0, 0.1) is 27.7 Å². The lowest BCUT2D eigenvalue weighted by atomic mass is 9.95. The van der Waals surface area contributed by atoms with Crippen molar-refractivity contribution in [3.63, 3.8) is 0 Å². The molecule has 0 spiro atoms. The number of benzene rings is 2. The number of Topliss-reactive ketones (excluding diaryl/α,β-unsaturated/α-hetero) is 1. The van der Waals surface area contributed by atoms with E-state index in [-0.39, 0.29) is 10.5 Å². The van der Waals surface area contributed by atoms with Crippen molar-refractivity contribution in [1.82, 2.24) is 0 Å². The van der Waals surface area contributed by atoms with Gasteiger partial charge < -0.3 is 0 Å². The first-order chi connectivity index (χ1) is 10.9. The molecule has 1 nitrogen and oxygen atoms in total. The molecule has 0 saturated carbocycles. The van der Waals surface area contributed by atoms with Crippen LogP contribution in [0.1, 0.15) is 56.7 Å². The Balaban J connectivity index is 1.91. The van der Waals surface area contributed by atoms with Crippen LogP contribution >= 0.6 is 11.8 Å². The van der Waals surface area contributed by atoms with Gasteiger partial charge in [0.1, 0.15) is 5.78 Å². The van der Waals surface area contributed by atoms with Gasteiger partial charge in [0.2, 0.25) is 0 Å². The minimum absolute atomic E-state index is 0.280. The summed E-state index contributed by atoms with van der Waals surface area (Å²) in [7, 11) is 0. The molecule has 120 valence electrons. The van der Waals surface area contributed by atoms with Crippen molar-refractivity contribution in [3.05, 3.63) is 69.8 Å². The van der Waals surface area contributed by atoms with E-state index in [1.165, 1.54) is 33.4 Å². The fourth-order valence-electron chi connectivity index (χ4n) is 3.53. The van der Waals surface area contributed by atoms with Crippen LogP contribution < -0.4 is 0 Å². The Bertz CT molecular complexity index is 686. The minimum Gasteiger partial charge on any atom is -0.300 e. The molecular weight excluding hydrogens is 300 g/mol. The number of hydrogen-bond donors (Lipinski definition) is 0. The zero-order chi connectivity index (χ0) is 16.6. The fourth-order valence-corrected chi connectivity index (χ4v) is 5.31. The monoisotopic (exact) mass is 324 g/mol. The summed E-state index contributed by atoms with van der Waals surface area (Å²) < 4.78 is 0. The fraction of sp³-hybridized carbons (Fsp3) is 0.381. The van der Waals surface area contributed by atoms with Crippen molar-refractivity contribution in [2.75, 3.05) is 0 Å². The van der Waals surface area contributed by atoms with Crippen LogP contribution in [-0.4, -0.2) is 5.78 Å². The normalized spacial score (nSPS) is 21.5. The maximum atomic E-state index is 12.4. The van der Waals surface area contributed by atoms with Crippen LogP contribution in [0.25, 0.3) is 0 Å². The molecule has 0 radical (unpaired) electrons. The summed E-state index contributed by atoms with van der Waals surface area (Å²) in [5.41, 5.74) is 7.81. The molecule has 1 aliphatic heterocycles. The number of hydrogen-bond acceptors (Lipinski definition) is 2. The lowest BCUT2D eigenvalue weighted by molar-refractivity contribution is -0.119. The van der Waals surface area contributed by atoms with Gasteiger partial charge in [0.15, 0.2) is 0 Å². The molecule has 0 amide bonds. The van der Waals surface area contributed by atoms with Crippen molar-refractivity contribution in [2.45, 2.75) is 51.0 Å². The van der Waals surface area contributed by atoms with Crippen LogP contribution in [0.3, 0.4) is 0 Å². The van der Waals surface area contributed by atoms with E-state index >= 15 is 0 Å². The maximum absolute atomic E-state index is 12.4. The average Bonchev–Trinajstić information content (AvgIpc) is 2.46. The third-order valence-electron chi connectivity index (χ3n) is 4.70. The highest BCUT2D eigenvalue weighted by atomic mass is 32.2. The lowest BCUT2D eigenvalue weighted by Crippen LogP contribution is -2.17. The summed E-state index contributed by atoms with van der Waals surface area (Å²) in [5, 5.41) is 0.560. The van der Waals surface area contributed by atoms with Gasteiger partial charge in [0, 0.05) is 23.3 Å². The van der Waals surface area contributed by atoms with Gasteiger partial charge in [-0.3, -0.25) is 4.79 Å². The lowest BCUT2D eigenvalue weighted by Gasteiger charge is -2.30. The van der Waals surface area contributed by atoms with Crippen molar-refractivity contribution in [1.29, 1.82) is 0 Å². The van der Waals surface area contributed by atoms with E-state index in [1.54, 1.807) is 0 Å². The Hall–Kier alpha value is -1.54. The van der Waals surface area contributed by atoms with E-state index in [9.17, 15) is 4.79 Å². The summed E-state index contributed by atoms with van der Waals surface area (Å²) in [6, 6.07) is 13.2. The summed E-state index contributed by atoms with van der Waals surface area (Å²) in [6.45, 7) is 8.56. The first-order valence-corrected chi connectivity index (χ1v) is 9.20. The predicted molar refractivity (Wildman–Crippen MR) is 99.1 cm³/mol. The van der Waals surface area contributed by atoms with E-state index < -0.39 is 0 Å². The van der Waals surface area contributed by atoms with Gasteiger partial charge in [-0.2, -0.15) is 0 Å². The quantitative estimate of drug-likeness (QED) is 0.694. The van der Waals surface area contributed by atoms with Crippen LogP contribution in [0.5, 0.6) is 0 Å². The second-order valence-electron chi connectivity index (χ2n) is 6.78. The predicted octanol–water partition coefficient (Wildman–Crippen LogP) is 5.80. The molecule has 1 fully saturated rings. The minimum atomic E-state index is 0.280. The van der Waals surface area contributed by atoms with Gasteiger partial charge in [0.25, 0.3) is 0 Å². The first kappa shape index (κ1) is 16.3. The molecule has 0 unspecified atom stereocenters. The van der Waals surface area contributed by atoms with E-state index in [0.717, 1.165) is 0 Å². The molecule has 0 aliphatic carbocycles. The molecule has 0 aromatic heterocycles. The molecule has 1 saturated heterocycles. The number of aryl methyl sites for hydroxylation is 4. The molecule has 1 heterocycles. The van der Waals surface area contributed by atoms with Crippen molar-refractivity contribution >= 4 is 17.5 Å². The Labute approximate surface area is 143 Å². The molecule has 2 aromatic rings. The van der Waals surface area contributed by atoms with Crippen molar-refractivity contribution in [2.24, 2.45) is 0 Å². The van der Waals surface area contributed by atoms with Gasteiger partial charge in [-0.25, -0.2) is 0 Å². The zero-order valence-electron chi connectivity index (χ0n) is 14.3. The summed E-state index contributed by atoms with van der Waals surface area (Å²) in [4.78, 5) is 12.4. The van der Waals surface area contributed by atoms with Gasteiger partial charge >= 0.3 is 0 Å². The zero-order valence-corrected chi connectivity index (χ0v) is 15.2. The summed E-state index contributed by atoms with van der Waals surface area (Å²) in [6.07, 6.45) is 1.33. The molecule has 2 heteroatoms. The Kier molecular flexibility index (Phi) is 4.63. The highest BCUT2D eigenvalue weighted by Crippen LogP contribution is 2.50. The molecule has 0 N–H and O–H groups in total. The number of rotatable bonds is 2. The number of carbonyl (C=O) groups excluding carboxylic acids is 1. The van der Waals surface area contributed by atoms with E-state index in [0.29, 0.717) is 18.6 Å². The van der Waals surface area contributed by atoms with Crippen LogP contribution in [0.15, 0.2) is 36.4 Å². The number of ketones is 1. The third-order valence-corrected chi connectivity index (χ3v) is 6.20. The third kappa shape index (κ3) is 3.53. The number of carbonyl (C=O) groups is 1. The van der Waals surface area contributed by atoms with Crippen LogP contribution in [-0.2, 0) is 4.79 Å². The Morgan fingerprint density at radius 2 is 1.22 bits per heavy atom. The van der Waals surface area contributed by atoms with Gasteiger partial charge in [0.05, 0.1) is 0 Å². The van der Waals surface area contributed by atoms with Crippen LogP contribution in [0.2, 0.25) is 0 Å². The van der Waals surface area contributed by atoms with E-state index in [2.05, 4.69) is 64.1 Å². The smallest absolute Gasteiger partial charge is 0.135 e.